The zero-order chi connectivity index (χ0) is 28.7. The van der Waals surface area contributed by atoms with Crippen LogP contribution < -0.4 is 18.9 Å². The van der Waals surface area contributed by atoms with E-state index in [9.17, 15) is 9.59 Å². The molecule has 0 unspecified atom stereocenters. The Morgan fingerprint density at radius 3 is 2.15 bits per heavy atom. The fourth-order valence-electron chi connectivity index (χ4n) is 3.62. The summed E-state index contributed by atoms with van der Waals surface area (Å²) in [6, 6.07) is 7.97. The molecule has 2 rings (SSSR count). The zero-order valence-electron chi connectivity index (χ0n) is 22.5. The summed E-state index contributed by atoms with van der Waals surface area (Å²) in [7, 11) is 3.01. The van der Waals surface area contributed by atoms with E-state index in [1.807, 2.05) is 6.92 Å². The van der Waals surface area contributed by atoms with Crippen LogP contribution in [0.4, 0.5) is 0 Å². The van der Waals surface area contributed by atoms with Gasteiger partial charge in [-0.1, -0.05) is 38.2 Å². The number of methoxy groups -OCH3 is 2. The second-order valence-corrected chi connectivity index (χ2v) is 17.9. The molecule has 0 aromatic heterocycles. The molecule has 0 radical (unpaired) electrons. The molecule has 0 N–H and O–H groups in total. The van der Waals surface area contributed by atoms with E-state index in [1.165, 1.54) is 20.3 Å². The largest absolute Gasteiger partial charge is 0.493 e. The maximum Gasteiger partial charge on any atom is 0.343 e. The van der Waals surface area contributed by atoms with Crippen LogP contribution in [0.2, 0.25) is 6.04 Å². The molecule has 0 saturated carbocycles. The third kappa shape index (κ3) is 12.6. The van der Waals surface area contributed by atoms with Gasteiger partial charge in [0, 0.05) is 6.08 Å². The minimum absolute atomic E-state index is 0.255. The van der Waals surface area contributed by atoms with Gasteiger partial charge in [0.25, 0.3) is 0 Å². The summed E-state index contributed by atoms with van der Waals surface area (Å²) >= 11 is 17.6. The van der Waals surface area contributed by atoms with E-state index in [4.69, 9.17) is 56.9 Å². The number of carbonyl (C=O) groups excluding carboxylic acids is 2. The van der Waals surface area contributed by atoms with Crippen LogP contribution in [0, 0.1) is 0 Å². The summed E-state index contributed by atoms with van der Waals surface area (Å²) in [5.41, 5.74) is 0.988. The molecule has 0 aliphatic rings. The summed E-state index contributed by atoms with van der Waals surface area (Å²) in [5.74, 6) is 0.547. The Morgan fingerprint density at radius 2 is 1.49 bits per heavy atom. The summed E-state index contributed by atoms with van der Waals surface area (Å²) in [4.78, 5) is 24.8. The summed E-state index contributed by atoms with van der Waals surface area (Å²) in [6.45, 7) is 2.55. The number of ether oxygens (including phenoxy) is 5. The van der Waals surface area contributed by atoms with Crippen LogP contribution in [0.3, 0.4) is 0 Å². The molecule has 0 fully saturated rings. The quantitative estimate of drug-likeness (QED) is 0.0446. The summed E-state index contributed by atoms with van der Waals surface area (Å²) in [6.07, 6.45) is 8.87. The van der Waals surface area contributed by atoms with Gasteiger partial charge >= 0.3 is 17.9 Å². The summed E-state index contributed by atoms with van der Waals surface area (Å²) in [5, 5.41) is 0. The molecule has 0 saturated heterocycles. The molecule has 0 aliphatic carbocycles. The van der Waals surface area contributed by atoms with Gasteiger partial charge in [-0.05, 0) is 61.4 Å². The highest BCUT2D eigenvalue weighted by atomic mass is 35.8. The predicted molar refractivity (Wildman–Crippen MR) is 158 cm³/mol. The zero-order valence-corrected chi connectivity index (χ0v) is 25.7. The third-order valence-electron chi connectivity index (χ3n) is 5.60. The van der Waals surface area contributed by atoms with Crippen LogP contribution in [0.1, 0.15) is 61.4 Å². The lowest BCUT2D eigenvalue weighted by Crippen LogP contribution is -2.10. The lowest BCUT2D eigenvalue weighted by Gasteiger charge is -2.12. The number of carbonyl (C=O) groups is 2. The van der Waals surface area contributed by atoms with Crippen LogP contribution in [-0.4, -0.2) is 45.4 Å². The van der Waals surface area contributed by atoms with E-state index in [0.717, 1.165) is 38.5 Å². The molecule has 7 nitrogen and oxygen atoms in total. The Hall–Kier alpha value is -2.39. The summed E-state index contributed by atoms with van der Waals surface area (Å²) < 4.78 is 27.0. The van der Waals surface area contributed by atoms with Crippen LogP contribution in [0.15, 0.2) is 42.5 Å². The fraction of sp³-hybridized carbons (Fsp3) is 0.429. The van der Waals surface area contributed by atoms with Crippen molar-refractivity contribution in [2.24, 2.45) is 0 Å². The maximum atomic E-state index is 12.7. The van der Waals surface area contributed by atoms with Crippen molar-refractivity contribution in [2.75, 3.05) is 27.4 Å². The van der Waals surface area contributed by atoms with Gasteiger partial charge in [0.15, 0.2) is 23.0 Å². The Morgan fingerprint density at radius 1 is 0.821 bits per heavy atom. The number of hydrogen-bond acceptors (Lipinski definition) is 7. The lowest BCUT2D eigenvalue weighted by molar-refractivity contribution is -0.137. The van der Waals surface area contributed by atoms with Crippen molar-refractivity contribution in [2.45, 2.75) is 51.5 Å². The highest BCUT2D eigenvalue weighted by molar-refractivity contribution is 7.64. The van der Waals surface area contributed by atoms with E-state index in [1.54, 1.807) is 42.5 Å². The van der Waals surface area contributed by atoms with Crippen molar-refractivity contribution < 1.29 is 33.3 Å². The molecule has 39 heavy (non-hydrogen) atoms. The van der Waals surface area contributed by atoms with Gasteiger partial charge < -0.3 is 23.7 Å². The first-order chi connectivity index (χ1) is 18.7. The van der Waals surface area contributed by atoms with Crippen molar-refractivity contribution in [3.63, 3.8) is 0 Å². The second-order valence-electron chi connectivity index (χ2n) is 8.59. The van der Waals surface area contributed by atoms with Gasteiger partial charge in [0.05, 0.1) is 33.0 Å². The lowest BCUT2D eigenvalue weighted by atomic mass is 10.1. The molecule has 0 aliphatic heterocycles. The second kappa shape index (κ2) is 17.3. The SMILES string of the molecule is CCOc1cc(/C=C/C(=O)OCCCCCCCC[Si](Cl)(Cl)Cl)ccc1OC(=O)c1ccc(OC)c(OC)c1. The van der Waals surface area contributed by atoms with Crippen molar-refractivity contribution in [3.05, 3.63) is 53.6 Å². The van der Waals surface area contributed by atoms with Crippen LogP contribution in [0.5, 0.6) is 23.0 Å². The molecule has 0 heterocycles. The van der Waals surface area contributed by atoms with Crippen molar-refractivity contribution in [1.29, 1.82) is 0 Å². The molecule has 0 spiro atoms. The van der Waals surface area contributed by atoms with E-state index >= 15 is 0 Å². The highest BCUT2D eigenvalue weighted by Gasteiger charge is 2.23. The third-order valence-corrected chi connectivity index (χ3v) is 8.22. The number of hydrogen-bond donors (Lipinski definition) is 0. The van der Waals surface area contributed by atoms with Gasteiger partial charge in [-0.15, -0.1) is 33.2 Å². The van der Waals surface area contributed by atoms with Crippen LogP contribution in [-0.2, 0) is 9.53 Å². The fourth-order valence-corrected chi connectivity index (χ4v) is 5.48. The van der Waals surface area contributed by atoms with Gasteiger partial charge in [-0.2, -0.15) is 0 Å². The average Bonchev–Trinajstić information content (AvgIpc) is 2.91. The smallest absolute Gasteiger partial charge is 0.343 e. The van der Waals surface area contributed by atoms with Crippen molar-refractivity contribution in [1.82, 2.24) is 0 Å². The number of unbranched alkanes of at least 4 members (excludes halogenated alkanes) is 5. The Balaban J connectivity index is 1.84. The number of rotatable bonds is 17. The first-order valence-electron chi connectivity index (χ1n) is 12.8. The minimum atomic E-state index is -2.50. The highest BCUT2D eigenvalue weighted by Crippen LogP contribution is 2.32. The average molecular weight is 618 g/mol. The van der Waals surface area contributed by atoms with Gasteiger partial charge in [-0.25, -0.2) is 9.59 Å². The predicted octanol–water partition coefficient (Wildman–Crippen LogP) is 7.87. The number of esters is 2. The maximum absolute atomic E-state index is 12.7. The minimum Gasteiger partial charge on any atom is -0.493 e. The monoisotopic (exact) mass is 616 g/mol. The van der Waals surface area contributed by atoms with E-state index < -0.39 is 17.9 Å². The molecule has 11 heteroatoms. The molecule has 2 aromatic rings. The first kappa shape index (κ1) is 32.8. The topological polar surface area (TPSA) is 80.3 Å². The molecular formula is C28H35Cl3O7Si. The van der Waals surface area contributed by atoms with Crippen molar-refractivity contribution in [3.8, 4) is 23.0 Å². The van der Waals surface area contributed by atoms with E-state index in [-0.39, 0.29) is 5.75 Å². The normalized spacial score (nSPS) is 11.3. The molecule has 214 valence electrons. The van der Waals surface area contributed by atoms with E-state index in [0.29, 0.717) is 47.6 Å². The standard InChI is InChI=1S/C28H35Cl3O7Si/c1-4-36-26-19-21(12-16-27(32)37-17-9-7-5-6-8-10-18-39(29,30)31)11-14-24(26)38-28(33)22-13-15-23(34-2)25(20-22)35-3/h11-16,19-20H,4-10,17-18H2,1-3H3/b16-12+. The van der Waals surface area contributed by atoms with Crippen LogP contribution in [0.25, 0.3) is 6.08 Å². The molecular weight excluding hydrogens is 583 g/mol. The molecule has 0 amide bonds. The van der Waals surface area contributed by atoms with Crippen molar-refractivity contribution >= 4 is 57.3 Å². The molecule has 0 atom stereocenters. The molecule has 2 aromatic carbocycles. The van der Waals surface area contributed by atoms with Gasteiger partial charge in [0.2, 0.25) is 0 Å². The van der Waals surface area contributed by atoms with Gasteiger partial charge in [-0.3, -0.25) is 0 Å². The molecule has 0 bridgehead atoms. The first-order valence-corrected chi connectivity index (χ1v) is 18.0. The Labute approximate surface area is 245 Å². The Kier molecular flexibility index (Phi) is 14.6. The van der Waals surface area contributed by atoms with E-state index in [2.05, 4.69) is 0 Å². The number of benzene rings is 2. The number of halogens is 3. The van der Waals surface area contributed by atoms with Crippen LogP contribution >= 0.6 is 33.2 Å². The Bertz CT molecular complexity index is 1100. The van der Waals surface area contributed by atoms with Gasteiger partial charge in [0.1, 0.15) is 0 Å².